The molecule has 0 unspecified atom stereocenters. The molecule has 0 aliphatic carbocycles. The van der Waals surface area contributed by atoms with Crippen LogP contribution < -0.4 is 15.6 Å². The molecule has 1 aliphatic rings. The Hall–Kier alpha value is -2.54. The summed E-state index contributed by atoms with van der Waals surface area (Å²) >= 11 is 1.37. The first-order valence-electron chi connectivity index (χ1n) is 6.77. The molecule has 6 nitrogen and oxygen atoms in total. The first kappa shape index (κ1) is 14.4. The summed E-state index contributed by atoms with van der Waals surface area (Å²) in [6, 6.07) is 9.48. The van der Waals surface area contributed by atoms with E-state index in [1.165, 1.54) is 11.3 Å². The minimum atomic E-state index is -0.689. The van der Waals surface area contributed by atoms with Crippen molar-refractivity contribution in [2.24, 2.45) is 0 Å². The minimum Gasteiger partial charge on any atom is -0.488 e. The molecule has 1 aromatic heterocycles. The maximum Gasteiger partial charge on any atom is 0.426 e. The van der Waals surface area contributed by atoms with Crippen molar-refractivity contribution in [2.75, 3.05) is 6.61 Å². The number of rotatable bonds is 2. The van der Waals surface area contributed by atoms with Gasteiger partial charge in [-0.1, -0.05) is 12.1 Å². The van der Waals surface area contributed by atoms with Crippen molar-refractivity contribution < 1.29 is 19.1 Å². The predicted molar refractivity (Wildman–Crippen MR) is 81.7 cm³/mol. The van der Waals surface area contributed by atoms with Crippen LogP contribution >= 0.6 is 11.3 Å². The monoisotopic (exact) mass is 318 g/mol. The number of para-hydroxylation sites is 1. The van der Waals surface area contributed by atoms with Crippen LogP contribution in [0, 0.1) is 0 Å². The molecule has 2 N–H and O–H groups in total. The zero-order chi connectivity index (χ0) is 15.5. The van der Waals surface area contributed by atoms with Gasteiger partial charge in [-0.25, -0.2) is 10.2 Å². The van der Waals surface area contributed by atoms with Crippen LogP contribution in [0.5, 0.6) is 5.75 Å². The number of hydrogen-bond acceptors (Lipinski definition) is 5. The van der Waals surface area contributed by atoms with Crippen LogP contribution in [-0.4, -0.2) is 18.6 Å². The smallest absolute Gasteiger partial charge is 0.426 e. The van der Waals surface area contributed by atoms with E-state index in [-0.39, 0.29) is 12.5 Å². The van der Waals surface area contributed by atoms with Crippen molar-refractivity contribution in [2.45, 2.75) is 13.5 Å². The average Bonchev–Trinajstić information content (AvgIpc) is 2.97. The van der Waals surface area contributed by atoms with Crippen molar-refractivity contribution in [3.05, 3.63) is 40.8 Å². The minimum absolute atomic E-state index is 0.239. The molecule has 0 saturated carbocycles. The van der Waals surface area contributed by atoms with Gasteiger partial charge in [-0.3, -0.25) is 10.2 Å². The van der Waals surface area contributed by atoms with E-state index in [2.05, 4.69) is 15.6 Å². The molecule has 0 fully saturated rings. The largest absolute Gasteiger partial charge is 0.488 e. The van der Waals surface area contributed by atoms with E-state index in [0.29, 0.717) is 11.5 Å². The highest BCUT2D eigenvalue weighted by Crippen LogP contribution is 2.42. The molecular weight excluding hydrogens is 304 g/mol. The van der Waals surface area contributed by atoms with Crippen molar-refractivity contribution in [1.82, 2.24) is 10.9 Å². The summed E-state index contributed by atoms with van der Waals surface area (Å²) in [7, 11) is 0. The third-order valence-electron chi connectivity index (χ3n) is 3.10. The number of thiophene rings is 1. The number of hydrazine groups is 1. The Morgan fingerprint density at radius 3 is 2.95 bits per heavy atom. The van der Waals surface area contributed by atoms with Crippen LogP contribution in [0.2, 0.25) is 0 Å². The van der Waals surface area contributed by atoms with Gasteiger partial charge in [0.2, 0.25) is 0 Å². The lowest BCUT2D eigenvalue weighted by atomic mass is 10.1. The van der Waals surface area contributed by atoms with Crippen LogP contribution in [-0.2, 0) is 11.3 Å². The second-order valence-electron chi connectivity index (χ2n) is 4.55. The highest BCUT2D eigenvalue weighted by atomic mass is 32.1. The number of fused-ring (bicyclic) bond motifs is 3. The molecule has 0 spiro atoms. The predicted octanol–water partition coefficient (Wildman–Crippen LogP) is 2.70. The second-order valence-corrected chi connectivity index (χ2v) is 5.60. The SMILES string of the molecule is CCOC(=O)NNC(=O)c1cc2c(s1)-c1ccccc1OC2. The third kappa shape index (κ3) is 2.75. The number of carbonyl (C=O) groups excluding carboxylic acids is 2. The summed E-state index contributed by atoms with van der Waals surface area (Å²) in [6.45, 7) is 2.36. The Morgan fingerprint density at radius 1 is 1.32 bits per heavy atom. The quantitative estimate of drug-likeness (QED) is 0.835. The maximum atomic E-state index is 12.1. The van der Waals surface area contributed by atoms with Gasteiger partial charge in [-0.05, 0) is 25.1 Å². The fraction of sp³-hybridized carbons (Fsp3) is 0.200. The number of nitrogens with one attached hydrogen (secondary N) is 2. The Balaban J connectivity index is 1.77. The van der Waals surface area contributed by atoms with Gasteiger partial charge in [-0.15, -0.1) is 11.3 Å². The molecule has 3 rings (SSSR count). The van der Waals surface area contributed by atoms with Gasteiger partial charge in [0.25, 0.3) is 5.91 Å². The van der Waals surface area contributed by atoms with Crippen molar-refractivity contribution in [3.63, 3.8) is 0 Å². The Labute approximate surface area is 131 Å². The van der Waals surface area contributed by atoms with Gasteiger partial charge in [0, 0.05) is 16.0 Å². The highest BCUT2D eigenvalue weighted by Gasteiger charge is 2.22. The molecule has 114 valence electrons. The van der Waals surface area contributed by atoms with Crippen LogP contribution in [0.25, 0.3) is 10.4 Å². The fourth-order valence-electron chi connectivity index (χ4n) is 2.15. The molecule has 2 amide bonds. The zero-order valence-electron chi connectivity index (χ0n) is 11.8. The molecule has 0 saturated heterocycles. The standard InChI is InChI=1S/C15H14N2O4S/c1-2-20-15(19)17-16-14(18)12-7-9-8-21-11-6-4-3-5-10(11)13(9)22-12/h3-7H,2,8H2,1H3,(H,16,18)(H,17,19). The molecule has 2 heterocycles. The molecular formula is C15H14N2O4S. The molecule has 1 aliphatic heterocycles. The Morgan fingerprint density at radius 2 is 2.14 bits per heavy atom. The summed E-state index contributed by atoms with van der Waals surface area (Å²) in [5.74, 6) is 0.429. The van der Waals surface area contributed by atoms with E-state index in [1.54, 1.807) is 13.0 Å². The summed E-state index contributed by atoms with van der Waals surface area (Å²) in [5.41, 5.74) is 6.46. The number of hydrogen-bond donors (Lipinski definition) is 2. The first-order valence-corrected chi connectivity index (χ1v) is 7.58. The molecule has 2 aromatic rings. The third-order valence-corrected chi connectivity index (χ3v) is 4.31. The molecule has 0 atom stereocenters. The lowest BCUT2D eigenvalue weighted by Crippen LogP contribution is -2.41. The van der Waals surface area contributed by atoms with Crippen molar-refractivity contribution in [3.8, 4) is 16.2 Å². The molecule has 0 radical (unpaired) electrons. The fourth-order valence-corrected chi connectivity index (χ4v) is 3.24. The van der Waals surface area contributed by atoms with Gasteiger partial charge in [0.1, 0.15) is 12.4 Å². The lowest BCUT2D eigenvalue weighted by Gasteiger charge is -2.16. The van der Waals surface area contributed by atoms with Gasteiger partial charge >= 0.3 is 6.09 Å². The van der Waals surface area contributed by atoms with Crippen LogP contribution in [0.15, 0.2) is 30.3 Å². The highest BCUT2D eigenvalue weighted by molar-refractivity contribution is 7.17. The Bertz CT molecular complexity index is 726. The summed E-state index contributed by atoms with van der Waals surface area (Å²) < 4.78 is 10.3. The average molecular weight is 318 g/mol. The zero-order valence-corrected chi connectivity index (χ0v) is 12.7. The van der Waals surface area contributed by atoms with E-state index in [0.717, 1.165) is 21.8 Å². The first-order chi connectivity index (χ1) is 10.7. The van der Waals surface area contributed by atoms with Gasteiger partial charge in [0.05, 0.1) is 11.5 Å². The molecule has 1 aromatic carbocycles. The maximum absolute atomic E-state index is 12.1. The number of amides is 2. The number of benzene rings is 1. The molecule has 0 bridgehead atoms. The number of carbonyl (C=O) groups is 2. The normalized spacial score (nSPS) is 11.7. The van der Waals surface area contributed by atoms with Crippen molar-refractivity contribution >= 4 is 23.3 Å². The van der Waals surface area contributed by atoms with E-state index in [1.807, 2.05) is 24.3 Å². The van der Waals surface area contributed by atoms with E-state index < -0.39 is 6.09 Å². The molecule has 22 heavy (non-hydrogen) atoms. The van der Waals surface area contributed by atoms with E-state index in [4.69, 9.17) is 4.74 Å². The van der Waals surface area contributed by atoms with Crippen LogP contribution in [0.3, 0.4) is 0 Å². The summed E-state index contributed by atoms with van der Waals surface area (Å²) in [4.78, 5) is 24.8. The van der Waals surface area contributed by atoms with Crippen LogP contribution in [0.1, 0.15) is 22.2 Å². The summed E-state index contributed by atoms with van der Waals surface area (Å²) in [6.07, 6.45) is -0.689. The topological polar surface area (TPSA) is 76.7 Å². The van der Waals surface area contributed by atoms with Gasteiger partial charge < -0.3 is 9.47 Å². The van der Waals surface area contributed by atoms with Crippen LogP contribution in [0.4, 0.5) is 4.79 Å². The van der Waals surface area contributed by atoms with Crippen molar-refractivity contribution in [1.29, 1.82) is 0 Å². The van der Waals surface area contributed by atoms with Gasteiger partial charge in [0.15, 0.2) is 0 Å². The summed E-state index contributed by atoms with van der Waals surface area (Å²) in [5, 5.41) is 0. The van der Waals surface area contributed by atoms with E-state index >= 15 is 0 Å². The molecule has 7 heteroatoms. The van der Waals surface area contributed by atoms with Gasteiger partial charge in [-0.2, -0.15) is 0 Å². The van der Waals surface area contributed by atoms with E-state index in [9.17, 15) is 9.59 Å². The second kappa shape index (κ2) is 6.07. The lowest BCUT2D eigenvalue weighted by molar-refractivity contribution is 0.0916. The Kier molecular flexibility index (Phi) is 3.97. The number of ether oxygens (including phenoxy) is 2.